The number of benzene rings is 2. The van der Waals surface area contributed by atoms with Gasteiger partial charge in [-0.05, 0) is 24.3 Å². The molecule has 1 amide bonds. The van der Waals surface area contributed by atoms with Crippen LogP contribution in [0.15, 0.2) is 42.7 Å². The van der Waals surface area contributed by atoms with E-state index in [0.717, 1.165) is 11.9 Å². The van der Waals surface area contributed by atoms with Gasteiger partial charge in [-0.2, -0.15) is 0 Å². The topological polar surface area (TPSA) is 73.3 Å². The molecule has 3 aromatic rings. The van der Waals surface area contributed by atoms with E-state index in [9.17, 15) is 4.79 Å². The first-order valence-electron chi connectivity index (χ1n) is 7.82. The summed E-state index contributed by atoms with van der Waals surface area (Å²) >= 11 is 6.25. The Morgan fingerprint density at radius 3 is 2.52 bits per heavy atom. The molecule has 6 nitrogen and oxygen atoms in total. The molecular formula is C18H14ClN3O3. The number of ether oxygens (including phenoxy) is 2. The monoisotopic (exact) mass is 355 g/mol. The van der Waals surface area contributed by atoms with Crippen molar-refractivity contribution in [1.29, 1.82) is 0 Å². The highest BCUT2D eigenvalue weighted by atomic mass is 35.5. The highest BCUT2D eigenvalue weighted by molar-refractivity contribution is 6.34. The minimum atomic E-state index is -0.330. The number of nitrogens with one attached hydrogen (secondary N) is 1. The Morgan fingerprint density at radius 1 is 1.00 bits per heavy atom. The molecule has 2 heterocycles. The van der Waals surface area contributed by atoms with Gasteiger partial charge in [-0.3, -0.25) is 14.8 Å². The van der Waals surface area contributed by atoms with Gasteiger partial charge in [0.05, 0.1) is 34.8 Å². The third kappa shape index (κ3) is 3.21. The van der Waals surface area contributed by atoms with Crippen molar-refractivity contribution in [3.8, 4) is 11.5 Å². The van der Waals surface area contributed by atoms with Crippen molar-refractivity contribution in [3.63, 3.8) is 0 Å². The standard InChI is InChI=1S/C18H14ClN3O3/c19-13-10-17-16(24-6-1-7-25-17)9-12(13)18(23)22-11-2-3-14-15(8-11)21-5-4-20-14/h2-5,8-10H,1,6-7H2,(H,22,23). The Balaban J connectivity index is 1.62. The van der Waals surface area contributed by atoms with Gasteiger partial charge in [0.2, 0.25) is 0 Å². The third-order valence-electron chi connectivity index (χ3n) is 3.81. The smallest absolute Gasteiger partial charge is 0.257 e. The predicted molar refractivity (Wildman–Crippen MR) is 94.6 cm³/mol. The minimum Gasteiger partial charge on any atom is -0.490 e. The van der Waals surface area contributed by atoms with Crippen LogP contribution in [0.2, 0.25) is 5.02 Å². The summed E-state index contributed by atoms with van der Waals surface area (Å²) in [7, 11) is 0. The van der Waals surface area contributed by atoms with E-state index in [0.29, 0.717) is 46.5 Å². The summed E-state index contributed by atoms with van der Waals surface area (Å²) in [5, 5.41) is 3.13. The summed E-state index contributed by atoms with van der Waals surface area (Å²) in [6.45, 7) is 1.10. The number of rotatable bonds is 2. The molecule has 126 valence electrons. The van der Waals surface area contributed by atoms with Crippen molar-refractivity contribution in [2.45, 2.75) is 6.42 Å². The van der Waals surface area contributed by atoms with Crippen LogP contribution < -0.4 is 14.8 Å². The molecule has 1 aromatic heterocycles. The molecule has 0 bridgehead atoms. The average Bonchev–Trinajstić information content (AvgIpc) is 2.85. The first kappa shape index (κ1) is 15.7. The lowest BCUT2D eigenvalue weighted by atomic mass is 10.1. The summed E-state index contributed by atoms with van der Waals surface area (Å²) in [6.07, 6.45) is 4.01. The highest BCUT2D eigenvalue weighted by Gasteiger charge is 2.18. The van der Waals surface area contributed by atoms with Gasteiger partial charge in [-0.25, -0.2) is 0 Å². The van der Waals surface area contributed by atoms with Crippen molar-refractivity contribution in [1.82, 2.24) is 9.97 Å². The SMILES string of the molecule is O=C(Nc1ccc2nccnc2c1)c1cc2c(cc1Cl)OCCCO2. The van der Waals surface area contributed by atoms with Crippen LogP contribution >= 0.6 is 11.6 Å². The second kappa shape index (κ2) is 6.57. The van der Waals surface area contributed by atoms with E-state index in [2.05, 4.69) is 15.3 Å². The molecule has 2 aromatic carbocycles. The van der Waals surface area contributed by atoms with Gasteiger partial charge in [0.15, 0.2) is 11.5 Å². The fourth-order valence-electron chi connectivity index (χ4n) is 2.60. The summed E-state index contributed by atoms with van der Waals surface area (Å²) in [5.41, 5.74) is 2.39. The molecule has 0 atom stereocenters. The van der Waals surface area contributed by atoms with Crippen LogP contribution in [-0.2, 0) is 0 Å². The van der Waals surface area contributed by atoms with Crippen molar-refractivity contribution < 1.29 is 14.3 Å². The maximum Gasteiger partial charge on any atom is 0.257 e. The molecule has 25 heavy (non-hydrogen) atoms. The van der Waals surface area contributed by atoms with Gasteiger partial charge in [0, 0.05) is 30.6 Å². The number of carbonyl (C=O) groups excluding carboxylic acids is 1. The molecule has 0 saturated heterocycles. The third-order valence-corrected chi connectivity index (χ3v) is 4.12. The van der Waals surface area contributed by atoms with Crippen LogP contribution in [0.25, 0.3) is 11.0 Å². The molecule has 0 aliphatic carbocycles. The second-order valence-corrected chi connectivity index (χ2v) is 5.95. The zero-order chi connectivity index (χ0) is 17.2. The molecule has 0 fully saturated rings. The normalized spacial score (nSPS) is 13.3. The lowest BCUT2D eigenvalue weighted by Crippen LogP contribution is -2.13. The van der Waals surface area contributed by atoms with E-state index in [4.69, 9.17) is 21.1 Å². The molecule has 4 rings (SSSR count). The van der Waals surface area contributed by atoms with Gasteiger partial charge < -0.3 is 14.8 Å². The second-order valence-electron chi connectivity index (χ2n) is 5.54. The maximum absolute atomic E-state index is 12.6. The van der Waals surface area contributed by atoms with Crippen molar-refractivity contribution in [2.75, 3.05) is 18.5 Å². The highest BCUT2D eigenvalue weighted by Crippen LogP contribution is 2.35. The van der Waals surface area contributed by atoms with E-state index < -0.39 is 0 Å². The van der Waals surface area contributed by atoms with E-state index >= 15 is 0 Å². The van der Waals surface area contributed by atoms with Gasteiger partial charge in [0.1, 0.15) is 0 Å². The van der Waals surface area contributed by atoms with Crippen molar-refractivity contribution in [2.24, 2.45) is 0 Å². The predicted octanol–water partition coefficient (Wildman–Crippen LogP) is 3.70. The molecule has 7 heteroatoms. The average molecular weight is 356 g/mol. The number of hydrogen-bond acceptors (Lipinski definition) is 5. The van der Waals surface area contributed by atoms with E-state index in [1.54, 1.807) is 42.7 Å². The summed E-state index contributed by atoms with van der Waals surface area (Å²) in [4.78, 5) is 21.0. The number of carbonyl (C=O) groups is 1. The van der Waals surface area contributed by atoms with E-state index in [1.165, 1.54) is 0 Å². The zero-order valence-corrected chi connectivity index (χ0v) is 13.9. The Kier molecular flexibility index (Phi) is 4.11. The van der Waals surface area contributed by atoms with Gasteiger partial charge in [-0.15, -0.1) is 0 Å². The van der Waals surface area contributed by atoms with E-state index in [-0.39, 0.29) is 5.91 Å². The Morgan fingerprint density at radius 2 is 1.72 bits per heavy atom. The molecule has 0 unspecified atom stereocenters. The number of aromatic nitrogens is 2. The molecule has 0 radical (unpaired) electrons. The molecule has 1 N–H and O–H groups in total. The lowest BCUT2D eigenvalue weighted by molar-refractivity contribution is 0.102. The fourth-order valence-corrected chi connectivity index (χ4v) is 2.84. The number of anilines is 1. The zero-order valence-electron chi connectivity index (χ0n) is 13.2. The first-order chi connectivity index (χ1) is 12.2. The molecule has 1 aliphatic rings. The van der Waals surface area contributed by atoms with Crippen LogP contribution in [0.5, 0.6) is 11.5 Å². The number of fused-ring (bicyclic) bond motifs is 2. The van der Waals surface area contributed by atoms with Crippen molar-refractivity contribution >= 4 is 34.2 Å². The molecule has 1 aliphatic heterocycles. The quantitative estimate of drug-likeness (QED) is 0.758. The molecule has 0 spiro atoms. The lowest BCUT2D eigenvalue weighted by Gasteiger charge is -2.12. The van der Waals surface area contributed by atoms with Crippen molar-refractivity contribution in [3.05, 3.63) is 53.3 Å². The number of amides is 1. The number of nitrogens with zero attached hydrogens (tertiary/aromatic N) is 2. The first-order valence-corrected chi connectivity index (χ1v) is 8.20. The molecule has 0 saturated carbocycles. The summed E-state index contributed by atoms with van der Waals surface area (Å²) in [5.74, 6) is 0.750. The summed E-state index contributed by atoms with van der Waals surface area (Å²) in [6, 6.07) is 8.55. The van der Waals surface area contributed by atoms with Crippen LogP contribution in [0, 0.1) is 0 Å². The van der Waals surface area contributed by atoms with E-state index in [1.807, 2.05) is 0 Å². The maximum atomic E-state index is 12.6. The largest absolute Gasteiger partial charge is 0.490 e. The Labute approximate surface area is 148 Å². The van der Waals surface area contributed by atoms with Crippen LogP contribution in [-0.4, -0.2) is 29.1 Å². The fraction of sp³-hybridized carbons (Fsp3) is 0.167. The van der Waals surface area contributed by atoms with Gasteiger partial charge >= 0.3 is 0 Å². The summed E-state index contributed by atoms with van der Waals surface area (Å²) < 4.78 is 11.2. The number of halogens is 1. The van der Waals surface area contributed by atoms with Crippen LogP contribution in [0.1, 0.15) is 16.8 Å². The van der Waals surface area contributed by atoms with Crippen LogP contribution in [0.4, 0.5) is 5.69 Å². The van der Waals surface area contributed by atoms with Gasteiger partial charge in [0.25, 0.3) is 5.91 Å². The Hall–Kier alpha value is -2.86. The number of hydrogen-bond donors (Lipinski definition) is 1. The molecular weight excluding hydrogens is 342 g/mol. The van der Waals surface area contributed by atoms with Gasteiger partial charge in [-0.1, -0.05) is 11.6 Å². The Bertz CT molecular complexity index is 961. The minimum absolute atomic E-state index is 0.308. The van der Waals surface area contributed by atoms with Crippen LogP contribution in [0.3, 0.4) is 0 Å².